The Labute approximate surface area is 172 Å². The second-order valence-electron chi connectivity index (χ2n) is 5.99. The Hall–Kier alpha value is -3.03. The summed E-state index contributed by atoms with van der Waals surface area (Å²) < 4.78 is 28.9. The predicted octanol–water partition coefficient (Wildman–Crippen LogP) is 4.88. The molecule has 0 aliphatic carbocycles. The minimum absolute atomic E-state index is 0.178. The molecule has 29 heavy (non-hydrogen) atoms. The van der Waals surface area contributed by atoms with Crippen molar-refractivity contribution < 1.29 is 23.4 Å². The Bertz CT molecular complexity index is 998. The van der Waals surface area contributed by atoms with Gasteiger partial charge in [0.25, 0.3) is 0 Å². The van der Waals surface area contributed by atoms with Gasteiger partial charge in [0.15, 0.2) is 17.3 Å². The first kappa shape index (κ1) is 20.7. The average Bonchev–Trinajstić information content (AvgIpc) is 3.22. The number of aromatic nitrogens is 1. The molecule has 0 amide bonds. The fourth-order valence-electron chi connectivity index (χ4n) is 2.52. The number of carbonyl (C=O) groups excluding carboxylic acids is 1. The second kappa shape index (κ2) is 9.95. The molecule has 0 aliphatic rings. The molecule has 1 heterocycles. The van der Waals surface area contributed by atoms with E-state index < -0.39 is 0 Å². The maximum atomic E-state index is 13.0. The summed E-state index contributed by atoms with van der Waals surface area (Å²) in [6, 6.07) is 11.2. The molecule has 7 heteroatoms. The first-order chi connectivity index (χ1) is 14.1. The highest BCUT2D eigenvalue weighted by atomic mass is 32.1. The number of rotatable bonds is 9. The third kappa shape index (κ3) is 5.49. The lowest BCUT2D eigenvalue weighted by atomic mass is 10.1. The number of nitrogens with zero attached hydrogens (tertiary/aromatic N) is 1. The van der Waals surface area contributed by atoms with Crippen LogP contribution in [0, 0.1) is 5.82 Å². The zero-order valence-corrected chi connectivity index (χ0v) is 16.9. The summed E-state index contributed by atoms with van der Waals surface area (Å²) >= 11 is 1.43. The van der Waals surface area contributed by atoms with Gasteiger partial charge in [-0.1, -0.05) is 0 Å². The van der Waals surface area contributed by atoms with Crippen molar-refractivity contribution in [1.82, 2.24) is 4.98 Å². The number of hydrogen-bond acceptors (Lipinski definition) is 6. The highest BCUT2D eigenvalue weighted by Gasteiger charge is 2.10. The molecule has 2 aromatic carbocycles. The summed E-state index contributed by atoms with van der Waals surface area (Å²) in [5.41, 5.74) is 1.97. The van der Waals surface area contributed by atoms with Gasteiger partial charge >= 0.3 is 0 Å². The summed E-state index contributed by atoms with van der Waals surface area (Å²) in [6.07, 6.45) is 3.12. The van der Waals surface area contributed by atoms with Crippen LogP contribution in [0.1, 0.15) is 16.1 Å². The van der Waals surface area contributed by atoms with Crippen molar-refractivity contribution in [2.75, 3.05) is 27.4 Å². The van der Waals surface area contributed by atoms with Crippen LogP contribution in [0.4, 0.5) is 4.39 Å². The zero-order valence-electron chi connectivity index (χ0n) is 16.1. The van der Waals surface area contributed by atoms with Crippen molar-refractivity contribution in [3.8, 4) is 22.1 Å². The standard InChI is InChI=1S/C22H20FNO4S/c1-26-11-12-28-20-10-5-16(13-21(20)27-2)19(25)9-8-18-14-29-22(24-18)15-3-6-17(23)7-4-15/h3-10,13-14H,11-12H2,1-2H3/b9-8+. The summed E-state index contributed by atoms with van der Waals surface area (Å²) in [6.45, 7) is 0.848. The fraction of sp³-hybridized carbons (Fsp3) is 0.182. The van der Waals surface area contributed by atoms with Crippen LogP contribution in [0.5, 0.6) is 11.5 Å². The molecule has 3 rings (SSSR count). The van der Waals surface area contributed by atoms with Crippen LogP contribution in [0.2, 0.25) is 0 Å². The van der Waals surface area contributed by atoms with Crippen molar-refractivity contribution in [3.63, 3.8) is 0 Å². The van der Waals surface area contributed by atoms with Gasteiger partial charge in [0, 0.05) is 23.6 Å². The third-order valence-corrected chi connectivity index (χ3v) is 4.92. The van der Waals surface area contributed by atoms with E-state index in [2.05, 4.69) is 4.98 Å². The number of allylic oxidation sites excluding steroid dienone is 1. The summed E-state index contributed by atoms with van der Waals surface area (Å²) in [5.74, 6) is 0.561. The van der Waals surface area contributed by atoms with Gasteiger partial charge in [0.05, 0.1) is 19.4 Å². The number of carbonyl (C=O) groups is 1. The molecule has 0 saturated carbocycles. The number of halogens is 1. The Morgan fingerprint density at radius 3 is 2.62 bits per heavy atom. The lowest BCUT2D eigenvalue weighted by molar-refractivity contribution is 0.104. The number of ether oxygens (including phenoxy) is 3. The Balaban J connectivity index is 1.69. The molecule has 0 radical (unpaired) electrons. The number of thiazole rings is 1. The fourth-order valence-corrected chi connectivity index (χ4v) is 3.31. The molecule has 0 saturated heterocycles. The quantitative estimate of drug-likeness (QED) is 0.284. The molecular weight excluding hydrogens is 393 g/mol. The first-order valence-electron chi connectivity index (χ1n) is 8.84. The summed E-state index contributed by atoms with van der Waals surface area (Å²) in [7, 11) is 3.12. The SMILES string of the molecule is COCCOc1ccc(C(=O)/C=C/c2csc(-c3ccc(F)cc3)n2)cc1OC. The first-order valence-corrected chi connectivity index (χ1v) is 9.72. The van der Waals surface area contributed by atoms with Crippen molar-refractivity contribution in [1.29, 1.82) is 0 Å². The molecule has 150 valence electrons. The van der Waals surface area contributed by atoms with E-state index in [9.17, 15) is 9.18 Å². The van der Waals surface area contributed by atoms with E-state index in [1.807, 2.05) is 5.38 Å². The minimum Gasteiger partial charge on any atom is -0.493 e. The van der Waals surface area contributed by atoms with E-state index in [4.69, 9.17) is 14.2 Å². The number of methoxy groups -OCH3 is 2. The maximum absolute atomic E-state index is 13.0. The Kier molecular flexibility index (Phi) is 7.10. The molecule has 0 N–H and O–H groups in total. The molecule has 5 nitrogen and oxygen atoms in total. The monoisotopic (exact) mass is 413 g/mol. The largest absolute Gasteiger partial charge is 0.493 e. The van der Waals surface area contributed by atoms with Gasteiger partial charge in [-0.25, -0.2) is 9.37 Å². The topological polar surface area (TPSA) is 57.7 Å². The normalized spacial score (nSPS) is 11.0. The van der Waals surface area contributed by atoms with Gasteiger partial charge in [-0.3, -0.25) is 4.79 Å². The van der Waals surface area contributed by atoms with Crippen LogP contribution in [0.15, 0.2) is 53.9 Å². The predicted molar refractivity (Wildman–Crippen MR) is 111 cm³/mol. The molecule has 0 bridgehead atoms. The van der Waals surface area contributed by atoms with Crippen molar-refractivity contribution in [2.24, 2.45) is 0 Å². The zero-order chi connectivity index (χ0) is 20.6. The highest BCUT2D eigenvalue weighted by molar-refractivity contribution is 7.13. The summed E-state index contributed by atoms with van der Waals surface area (Å²) in [4.78, 5) is 17.0. The van der Waals surface area contributed by atoms with Crippen LogP contribution in [-0.4, -0.2) is 38.2 Å². The molecule has 0 atom stereocenters. The van der Waals surface area contributed by atoms with Gasteiger partial charge in [0.1, 0.15) is 17.4 Å². The maximum Gasteiger partial charge on any atom is 0.186 e. The summed E-state index contributed by atoms with van der Waals surface area (Å²) in [5, 5.41) is 2.60. The Morgan fingerprint density at radius 1 is 1.10 bits per heavy atom. The average molecular weight is 413 g/mol. The number of benzene rings is 2. The molecule has 0 fully saturated rings. The number of hydrogen-bond donors (Lipinski definition) is 0. The minimum atomic E-state index is -0.290. The van der Waals surface area contributed by atoms with Crippen molar-refractivity contribution in [2.45, 2.75) is 0 Å². The van der Waals surface area contributed by atoms with Crippen LogP contribution in [0.3, 0.4) is 0 Å². The van der Waals surface area contributed by atoms with E-state index >= 15 is 0 Å². The molecule has 1 aromatic heterocycles. The van der Waals surface area contributed by atoms with Crippen LogP contribution in [-0.2, 0) is 4.74 Å². The molecule has 3 aromatic rings. The third-order valence-electron chi connectivity index (χ3n) is 4.01. The van der Waals surface area contributed by atoms with Gasteiger partial charge in [-0.15, -0.1) is 11.3 Å². The van der Waals surface area contributed by atoms with Gasteiger partial charge in [-0.05, 0) is 54.6 Å². The van der Waals surface area contributed by atoms with Crippen LogP contribution < -0.4 is 9.47 Å². The Morgan fingerprint density at radius 2 is 1.90 bits per heavy atom. The molecule has 0 spiro atoms. The lowest BCUT2D eigenvalue weighted by Crippen LogP contribution is -2.06. The van der Waals surface area contributed by atoms with E-state index in [0.717, 1.165) is 10.6 Å². The number of ketones is 1. The van der Waals surface area contributed by atoms with Crippen molar-refractivity contribution in [3.05, 3.63) is 71.0 Å². The molecule has 0 unspecified atom stereocenters. The van der Waals surface area contributed by atoms with Crippen LogP contribution >= 0.6 is 11.3 Å². The van der Waals surface area contributed by atoms with Gasteiger partial charge < -0.3 is 14.2 Å². The lowest BCUT2D eigenvalue weighted by Gasteiger charge is -2.11. The van der Waals surface area contributed by atoms with E-state index in [0.29, 0.717) is 36.0 Å². The molecule has 0 aliphatic heterocycles. The van der Waals surface area contributed by atoms with Gasteiger partial charge in [0.2, 0.25) is 0 Å². The van der Waals surface area contributed by atoms with Crippen LogP contribution in [0.25, 0.3) is 16.6 Å². The highest BCUT2D eigenvalue weighted by Crippen LogP contribution is 2.29. The van der Waals surface area contributed by atoms with Gasteiger partial charge in [-0.2, -0.15) is 0 Å². The van der Waals surface area contributed by atoms with E-state index in [1.165, 1.54) is 36.7 Å². The molecular formula is C22H20FNO4S. The second-order valence-corrected chi connectivity index (χ2v) is 6.85. The van der Waals surface area contributed by atoms with E-state index in [1.54, 1.807) is 43.5 Å². The van der Waals surface area contributed by atoms with E-state index in [-0.39, 0.29) is 11.6 Å². The smallest absolute Gasteiger partial charge is 0.186 e. The van der Waals surface area contributed by atoms with Crippen molar-refractivity contribution >= 4 is 23.2 Å².